The fourth-order valence-corrected chi connectivity index (χ4v) is 2.80. The van der Waals surface area contributed by atoms with Crippen molar-refractivity contribution in [3.63, 3.8) is 0 Å². The highest BCUT2D eigenvalue weighted by molar-refractivity contribution is 5.53. The molecule has 0 saturated carbocycles. The van der Waals surface area contributed by atoms with Crippen LogP contribution in [0.3, 0.4) is 0 Å². The third-order valence-corrected chi connectivity index (χ3v) is 3.93. The van der Waals surface area contributed by atoms with Gasteiger partial charge in [-0.05, 0) is 42.5 Å². The Bertz CT molecular complexity index is 781. The minimum absolute atomic E-state index is 0.290. The summed E-state index contributed by atoms with van der Waals surface area (Å²) >= 11 is 0. The molecule has 1 aliphatic carbocycles. The Kier molecular flexibility index (Phi) is 3.35. The van der Waals surface area contributed by atoms with Gasteiger partial charge in [0.05, 0.1) is 0 Å². The molecule has 4 nitrogen and oxygen atoms in total. The van der Waals surface area contributed by atoms with Crippen LogP contribution >= 0.6 is 0 Å². The summed E-state index contributed by atoms with van der Waals surface area (Å²) in [6.45, 7) is 0.290. The molecule has 0 unspecified atom stereocenters. The highest BCUT2D eigenvalue weighted by Gasteiger charge is 2.12. The van der Waals surface area contributed by atoms with E-state index in [0.717, 1.165) is 17.7 Å². The standard InChI is InChI=1S/C18H16N2O2/c1-2-5-14(6-3-1)18-19-17(22-20-18)12-21-16-10-9-13-7-4-8-15(13)11-16/h1-3,5-6,9-11H,4,7-8,12H2. The molecule has 4 heteroatoms. The molecule has 0 aliphatic heterocycles. The van der Waals surface area contributed by atoms with Crippen LogP contribution in [0.4, 0.5) is 0 Å². The third kappa shape index (κ3) is 2.60. The van der Waals surface area contributed by atoms with Crippen LogP contribution in [0, 0.1) is 0 Å². The van der Waals surface area contributed by atoms with Crippen LogP contribution in [0.1, 0.15) is 23.4 Å². The van der Waals surface area contributed by atoms with E-state index in [0.29, 0.717) is 18.3 Å². The van der Waals surface area contributed by atoms with E-state index in [2.05, 4.69) is 22.3 Å². The second-order valence-electron chi connectivity index (χ2n) is 5.45. The zero-order valence-corrected chi connectivity index (χ0v) is 12.2. The fourth-order valence-electron chi connectivity index (χ4n) is 2.80. The minimum Gasteiger partial charge on any atom is -0.484 e. The molecule has 1 heterocycles. The first-order valence-corrected chi connectivity index (χ1v) is 7.51. The summed E-state index contributed by atoms with van der Waals surface area (Å²) < 4.78 is 11.0. The monoisotopic (exact) mass is 292 g/mol. The summed E-state index contributed by atoms with van der Waals surface area (Å²) in [6.07, 6.45) is 3.56. The van der Waals surface area contributed by atoms with Crippen molar-refractivity contribution in [1.29, 1.82) is 0 Å². The number of benzene rings is 2. The predicted octanol–water partition coefficient (Wildman–Crippen LogP) is 3.80. The summed E-state index contributed by atoms with van der Waals surface area (Å²) in [7, 11) is 0. The van der Waals surface area contributed by atoms with Gasteiger partial charge in [-0.1, -0.05) is 41.6 Å². The normalized spacial score (nSPS) is 13.1. The lowest BCUT2D eigenvalue weighted by molar-refractivity contribution is 0.243. The van der Waals surface area contributed by atoms with Gasteiger partial charge in [-0.3, -0.25) is 0 Å². The highest BCUT2D eigenvalue weighted by atomic mass is 16.5. The first-order chi connectivity index (χ1) is 10.9. The molecule has 0 radical (unpaired) electrons. The number of ether oxygens (including phenoxy) is 1. The third-order valence-electron chi connectivity index (χ3n) is 3.93. The maximum atomic E-state index is 5.77. The summed E-state index contributed by atoms with van der Waals surface area (Å²) in [5, 5.41) is 3.99. The quantitative estimate of drug-likeness (QED) is 0.733. The number of aromatic nitrogens is 2. The van der Waals surface area contributed by atoms with E-state index in [9.17, 15) is 0 Å². The zero-order chi connectivity index (χ0) is 14.8. The van der Waals surface area contributed by atoms with Gasteiger partial charge in [-0.15, -0.1) is 0 Å². The van der Waals surface area contributed by atoms with Crippen molar-refractivity contribution in [1.82, 2.24) is 10.1 Å². The Labute approximate surface area is 128 Å². The number of nitrogens with zero attached hydrogens (tertiary/aromatic N) is 2. The van der Waals surface area contributed by atoms with Gasteiger partial charge >= 0.3 is 0 Å². The zero-order valence-electron chi connectivity index (χ0n) is 12.2. The number of aryl methyl sites for hydroxylation is 2. The molecular weight excluding hydrogens is 276 g/mol. The lowest BCUT2D eigenvalue weighted by atomic mass is 10.1. The summed E-state index contributed by atoms with van der Waals surface area (Å²) in [4.78, 5) is 4.37. The molecule has 4 rings (SSSR count). The van der Waals surface area contributed by atoms with Crippen molar-refractivity contribution in [2.75, 3.05) is 0 Å². The number of hydrogen-bond donors (Lipinski definition) is 0. The molecule has 2 aromatic carbocycles. The topological polar surface area (TPSA) is 48.2 Å². The van der Waals surface area contributed by atoms with Crippen molar-refractivity contribution < 1.29 is 9.26 Å². The van der Waals surface area contributed by atoms with E-state index >= 15 is 0 Å². The Balaban J connectivity index is 1.45. The molecule has 22 heavy (non-hydrogen) atoms. The van der Waals surface area contributed by atoms with Gasteiger partial charge in [0.2, 0.25) is 5.82 Å². The first kappa shape index (κ1) is 13.1. The van der Waals surface area contributed by atoms with Gasteiger partial charge in [0.1, 0.15) is 5.75 Å². The van der Waals surface area contributed by atoms with Gasteiger partial charge in [-0.2, -0.15) is 4.98 Å². The van der Waals surface area contributed by atoms with Crippen LogP contribution in [0.15, 0.2) is 53.1 Å². The number of hydrogen-bond acceptors (Lipinski definition) is 4. The van der Waals surface area contributed by atoms with Gasteiger partial charge in [0.15, 0.2) is 6.61 Å². The largest absolute Gasteiger partial charge is 0.484 e. The predicted molar refractivity (Wildman–Crippen MR) is 82.5 cm³/mol. The molecule has 0 N–H and O–H groups in total. The molecule has 0 bridgehead atoms. The maximum Gasteiger partial charge on any atom is 0.264 e. The van der Waals surface area contributed by atoms with Crippen molar-refractivity contribution in [3.8, 4) is 17.1 Å². The molecule has 0 saturated heterocycles. The average molecular weight is 292 g/mol. The van der Waals surface area contributed by atoms with Crippen molar-refractivity contribution in [3.05, 3.63) is 65.5 Å². The Morgan fingerprint density at radius 3 is 2.77 bits per heavy atom. The van der Waals surface area contributed by atoms with E-state index in [1.807, 2.05) is 36.4 Å². The van der Waals surface area contributed by atoms with Crippen molar-refractivity contribution in [2.45, 2.75) is 25.9 Å². The molecule has 1 aromatic heterocycles. The van der Waals surface area contributed by atoms with Crippen molar-refractivity contribution >= 4 is 0 Å². The van der Waals surface area contributed by atoms with E-state index in [4.69, 9.17) is 9.26 Å². The maximum absolute atomic E-state index is 5.77. The average Bonchev–Trinajstić information content (AvgIpc) is 3.22. The van der Waals surface area contributed by atoms with Crippen LogP contribution < -0.4 is 4.74 Å². The second-order valence-corrected chi connectivity index (χ2v) is 5.45. The highest BCUT2D eigenvalue weighted by Crippen LogP contribution is 2.26. The molecule has 110 valence electrons. The van der Waals surface area contributed by atoms with Crippen LogP contribution in [-0.2, 0) is 19.4 Å². The van der Waals surface area contributed by atoms with Gasteiger partial charge < -0.3 is 9.26 Å². The Morgan fingerprint density at radius 1 is 1.00 bits per heavy atom. The molecular formula is C18H16N2O2. The fraction of sp³-hybridized carbons (Fsp3) is 0.222. The van der Waals surface area contributed by atoms with Crippen LogP contribution in [0.5, 0.6) is 5.75 Å². The lowest BCUT2D eigenvalue weighted by Crippen LogP contribution is -1.96. The van der Waals surface area contributed by atoms with Crippen LogP contribution in [0.2, 0.25) is 0 Å². The SMILES string of the molecule is c1ccc(-c2noc(COc3ccc4c(c3)CCC4)n2)cc1. The van der Waals surface area contributed by atoms with Gasteiger partial charge in [0.25, 0.3) is 5.89 Å². The second kappa shape index (κ2) is 5.64. The molecule has 0 amide bonds. The Morgan fingerprint density at radius 2 is 1.86 bits per heavy atom. The number of rotatable bonds is 4. The number of fused-ring (bicyclic) bond motifs is 1. The van der Waals surface area contributed by atoms with Gasteiger partial charge in [0, 0.05) is 5.56 Å². The summed E-state index contributed by atoms with van der Waals surface area (Å²) in [6, 6.07) is 16.1. The van der Waals surface area contributed by atoms with E-state index in [1.165, 1.54) is 24.0 Å². The minimum atomic E-state index is 0.290. The van der Waals surface area contributed by atoms with Gasteiger partial charge in [-0.25, -0.2) is 0 Å². The van der Waals surface area contributed by atoms with Crippen LogP contribution in [0.25, 0.3) is 11.4 Å². The molecule has 3 aromatic rings. The van der Waals surface area contributed by atoms with E-state index in [-0.39, 0.29) is 0 Å². The first-order valence-electron chi connectivity index (χ1n) is 7.51. The summed E-state index contributed by atoms with van der Waals surface area (Å²) in [5.74, 6) is 1.94. The molecule has 0 atom stereocenters. The molecule has 0 spiro atoms. The van der Waals surface area contributed by atoms with Crippen LogP contribution in [-0.4, -0.2) is 10.1 Å². The lowest BCUT2D eigenvalue weighted by Gasteiger charge is -2.05. The summed E-state index contributed by atoms with van der Waals surface area (Å²) in [5.41, 5.74) is 3.78. The molecule has 0 fully saturated rings. The van der Waals surface area contributed by atoms with E-state index in [1.54, 1.807) is 0 Å². The van der Waals surface area contributed by atoms with E-state index < -0.39 is 0 Å². The molecule has 1 aliphatic rings. The van der Waals surface area contributed by atoms with Crippen molar-refractivity contribution in [2.24, 2.45) is 0 Å². The Hall–Kier alpha value is -2.62. The smallest absolute Gasteiger partial charge is 0.264 e.